The van der Waals surface area contributed by atoms with Crippen LogP contribution < -0.4 is 4.74 Å². The van der Waals surface area contributed by atoms with Gasteiger partial charge in [-0.3, -0.25) is 14.4 Å². The zero-order valence-corrected chi connectivity index (χ0v) is 15.4. The molecule has 0 aliphatic carbocycles. The minimum atomic E-state index is -0.0565. The van der Waals surface area contributed by atoms with Crippen LogP contribution >= 0.6 is 0 Å². The van der Waals surface area contributed by atoms with Gasteiger partial charge in [0.2, 0.25) is 5.78 Å². The minimum absolute atomic E-state index is 0.0565. The molecule has 1 saturated heterocycles. The second kappa shape index (κ2) is 8.78. The maximum Gasteiger partial charge on any atom is 0.203 e. The molecule has 1 fully saturated rings. The molecule has 0 N–H and O–H groups in total. The van der Waals surface area contributed by atoms with Crippen molar-refractivity contribution in [3.05, 3.63) is 53.4 Å². The highest BCUT2D eigenvalue weighted by Crippen LogP contribution is 2.14. The predicted octanol–water partition coefficient (Wildman–Crippen LogP) is 2.34. The molecule has 6 heteroatoms. The molecule has 26 heavy (non-hydrogen) atoms. The van der Waals surface area contributed by atoms with Gasteiger partial charge >= 0.3 is 0 Å². The van der Waals surface area contributed by atoms with Crippen molar-refractivity contribution in [1.82, 2.24) is 14.7 Å². The van der Waals surface area contributed by atoms with E-state index in [-0.39, 0.29) is 5.78 Å². The lowest BCUT2D eigenvalue weighted by Gasteiger charge is -2.26. The van der Waals surface area contributed by atoms with E-state index in [1.807, 2.05) is 37.3 Å². The van der Waals surface area contributed by atoms with Crippen molar-refractivity contribution in [2.24, 2.45) is 7.05 Å². The maximum atomic E-state index is 12.2. The lowest BCUT2D eigenvalue weighted by molar-refractivity contribution is 0.0322. The Morgan fingerprint density at radius 1 is 1.27 bits per heavy atom. The van der Waals surface area contributed by atoms with E-state index in [1.165, 1.54) is 0 Å². The third-order valence-electron chi connectivity index (χ3n) is 4.34. The van der Waals surface area contributed by atoms with Crippen molar-refractivity contribution < 1.29 is 14.3 Å². The van der Waals surface area contributed by atoms with Gasteiger partial charge in [-0.15, -0.1) is 0 Å². The van der Waals surface area contributed by atoms with Crippen molar-refractivity contribution in [2.75, 3.05) is 39.5 Å². The zero-order valence-electron chi connectivity index (χ0n) is 15.4. The number of ether oxygens (including phenoxy) is 2. The number of hydrogen-bond donors (Lipinski definition) is 0. The molecular formula is C20H25N3O3. The monoisotopic (exact) mass is 355 g/mol. The Balaban J connectivity index is 1.49. The number of hydrogen-bond acceptors (Lipinski definition) is 5. The summed E-state index contributed by atoms with van der Waals surface area (Å²) in [6.45, 7) is 6.99. The average Bonchev–Trinajstić information content (AvgIpc) is 3.00. The fourth-order valence-corrected chi connectivity index (χ4v) is 2.89. The number of allylic oxidation sites excluding steroid dienone is 1. The van der Waals surface area contributed by atoms with Crippen LogP contribution in [0.4, 0.5) is 0 Å². The molecule has 6 nitrogen and oxygen atoms in total. The smallest absolute Gasteiger partial charge is 0.203 e. The Hall–Kier alpha value is -2.44. The summed E-state index contributed by atoms with van der Waals surface area (Å²) in [5.41, 5.74) is 2.38. The maximum absolute atomic E-state index is 12.2. The Kier molecular flexibility index (Phi) is 6.20. The number of rotatable bonds is 7. The van der Waals surface area contributed by atoms with Crippen LogP contribution in [0.25, 0.3) is 6.08 Å². The van der Waals surface area contributed by atoms with Gasteiger partial charge in [-0.25, -0.2) is 0 Å². The first-order valence-electron chi connectivity index (χ1n) is 8.88. The number of ketones is 1. The number of aromatic nitrogens is 2. The Morgan fingerprint density at radius 3 is 2.65 bits per heavy atom. The highest BCUT2D eigenvalue weighted by atomic mass is 16.5. The van der Waals surface area contributed by atoms with E-state index in [9.17, 15) is 4.79 Å². The summed E-state index contributed by atoms with van der Waals surface area (Å²) in [5, 5.41) is 4.20. The number of aryl methyl sites for hydroxylation is 2. The molecule has 2 aromatic rings. The predicted molar refractivity (Wildman–Crippen MR) is 101 cm³/mol. The van der Waals surface area contributed by atoms with Crippen molar-refractivity contribution >= 4 is 11.9 Å². The van der Waals surface area contributed by atoms with Crippen LogP contribution in [0, 0.1) is 6.92 Å². The molecule has 1 aliphatic heterocycles. The molecular weight excluding hydrogens is 330 g/mol. The van der Waals surface area contributed by atoms with E-state index >= 15 is 0 Å². The molecule has 1 aromatic heterocycles. The molecule has 2 heterocycles. The summed E-state index contributed by atoms with van der Waals surface area (Å²) in [6.07, 6.45) is 3.38. The quantitative estimate of drug-likeness (QED) is 0.564. The molecule has 0 atom stereocenters. The number of nitrogens with zero attached hydrogens (tertiary/aromatic N) is 3. The van der Waals surface area contributed by atoms with Gasteiger partial charge in [-0.1, -0.05) is 18.2 Å². The van der Waals surface area contributed by atoms with Gasteiger partial charge in [0.15, 0.2) is 0 Å². The van der Waals surface area contributed by atoms with E-state index in [2.05, 4.69) is 10.00 Å². The summed E-state index contributed by atoms with van der Waals surface area (Å²) >= 11 is 0. The molecule has 3 rings (SSSR count). The van der Waals surface area contributed by atoms with Crippen LogP contribution in [0.3, 0.4) is 0 Å². The molecule has 1 aliphatic rings. The summed E-state index contributed by atoms with van der Waals surface area (Å²) < 4.78 is 12.7. The minimum Gasteiger partial charge on any atom is -0.492 e. The summed E-state index contributed by atoms with van der Waals surface area (Å²) in [4.78, 5) is 14.6. The number of morpholine rings is 1. The first-order chi connectivity index (χ1) is 12.6. The fourth-order valence-electron chi connectivity index (χ4n) is 2.89. The number of carbonyl (C=O) groups is 1. The highest BCUT2D eigenvalue weighted by Gasteiger charge is 2.10. The van der Waals surface area contributed by atoms with Crippen LogP contribution in [0.15, 0.2) is 36.4 Å². The lowest BCUT2D eigenvalue weighted by atomic mass is 10.1. The molecule has 0 amide bonds. The normalized spacial score (nSPS) is 15.5. The van der Waals surface area contributed by atoms with Gasteiger partial charge in [0.05, 0.1) is 18.9 Å². The van der Waals surface area contributed by atoms with E-state index in [4.69, 9.17) is 9.47 Å². The van der Waals surface area contributed by atoms with Crippen LogP contribution in [-0.4, -0.2) is 59.9 Å². The van der Waals surface area contributed by atoms with Gasteiger partial charge in [-0.05, 0) is 36.8 Å². The number of carbonyl (C=O) groups excluding carboxylic acids is 1. The SMILES string of the molecule is Cc1cc(C(=O)/C=C/c2ccc(OCCN3CCOCC3)cc2)n(C)n1. The molecule has 0 bridgehead atoms. The summed E-state index contributed by atoms with van der Waals surface area (Å²) in [7, 11) is 1.77. The standard InChI is InChI=1S/C20H25N3O3/c1-16-15-19(22(2)21-16)20(24)8-5-17-3-6-18(7-4-17)26-14-11-23-9-12-25-13-10-23/h3-8,15H,9-14H2,1-2H3/b8-5+. The Morgan fingerprint density at radius 2 is 2.00 bits per heavy atom. The summed E-state index contributed by atoms with van der Waals surface area (Å²) in [5.74, 6) is 0.780. The third-order valence-corrected chi connectivity index (χ3v) is 4.34. The average molecular weight is 355 g/mol. The van der Waals surface area contributed by atoms with Gasteiger partial charge in [0, 0.05) is 26.7 Å². The first-order valence-corrected chi connectivity index (χ1v) is 8.88. The van der Waals surface area contributed by atoms with Crippen molar-refractivity contribution in [1.29, 1.82) is 0 Å². The van der Waals surface area contributed by atoms with E-state index in [0.29, 0.717) is 12.3 Å². The third kappa shape index (κ3) is 5.03. The van der Waals surface area contributed by atoms with Crippen molar-refractivity contribution in [2.45, 2.75) is 6.92 Å². The molecule has 0 radical (unpaired) electrons. The second-order valence-electron chi connectivity index (χ2n) is 6.36. The zero-order chi connectivity index (χ0) is 18.4. The van der Waals surface area contributed by atoms with Gasteiger partial charge in [0.25, 0.3) is 0 Å². The van der Waals surface area contributed by atoms with Crippen LogP contribution in [-0.2, 0) is 11.8 Å². The van der Waals surface area contributed by atoms with Crippen molar-refractivity contribution in [3.63, 3.8) is 0 Å². The van der Waals surface area contributed by atoms with Crippen molar-refractivity contribution in [3.8, 4) is 5.75 Å². The second-order valence-corrected chi connectivity index (χ2v) is 6.36. The molecule has 0 saturated carbocycles. The number of benzene rings is 1. The fraction of sp³-hybridized carbons (Fsp3) is 0.400. The Bertz CT molecular complexity index is 759. The van der Waals surface area contributed by atoms with Crippen LogP contribution in [0.1, 0.15) is 21.7 Å². The van der Waals surface area contributed by atoms with Gasteiger partial charge in [0.1, 0.15) is 18.1 Å². The molecule has 1 aromatic carbocycles. The lowest BCUT2D eigenvalue weighted by Crippen LogP contribution is -2.38. The first kappa shape index (κ1) is 18.4. The van der Waals surface area contributed by atoms with Crippen LogP contribution in [0.2, 0.25) is 0 Å². The highest BCUT2D eigenvalue weighted by molar-refractivity contribution is 6.05. The Labute approximate surface area is 154 Å². The van der Waals surface area contributed by atoms with E-state index < -0.39 is 0 Å². The summed E-state index contributed by atoms with van der Waals surface area (Å²) in [6, 6.07) is 9.54. The topological polar surface area (TPSA) is 56.6 Å². The van der Waals surface area contributed by atoms with Gasteiger partial charge < -0.3 is 9.47 Å². The van der Waals surface area contributed by atoms with Gasteiger partial charge in [-0.2, -0.15) is 5.10 Å². The van der Waals surface area contributed by atoms with E-state index in [1.54, 1.807) is 23.9 Å². The van der Waals surface area contributed by atoms with Crippen LogP contribution in [0.5, 0.6) is 5.75 Å². The molecule has 0 spiro atoms. The molecule has 138 valence electrons. The largest absolute Gasteiger partial charge is 0.492 e. The van der Waals surface area contributed by atoms with E-state index in [0.717, 1.165) is 49.9 Å². The molecule has 0 unspecified atom stereocenters.